The normalized spacial score (nSPS) is 11.6. The Morgan fingerprint density at radius 2 is 1.94 bits per heavy atom. The predicted molar refractivity (Wildman–Crippen MR) is 60.3 cm³/mol. The van der Waals surface area contributed by atoms with Crippen LogP contribution in [0.1, 0.15) is 5.56 Å². The topological polar surface area (TPSA) is 73.3 Å². The van der Waals surface area contributed by atoms with Crippen LogP contribution in [0.15, 0.2) is 45.9 Å². The molecule has 4 nitrogen and oxygen atoms in total. The van der Waals surface area contributed by atoms with E-state index in [-0.39, 0.29) is 4.90 Å². The summed E-state index contributed by atoms with van der Waals surface area (Å²) in [5, 5.41) is 5.16. The molecule has 0 aliphatic heterocycles. The minimum absolute atomic E-state index is 0.0856. The molecule has 1 heterocycles. The molecule has 2 aromatic rings. The molecule has 0 saturated heterocycles. The van der Waals surface area contributed by atoms with Gasteiger partial charge in [0.25, 0.3) is 0 Å². The molecule has 0 aliphatic rings. The lowest BCUT2D eigenvalue weighted by molar-refractivity contribution is 0.577. The van der Waals surface area contributed by atoms with Gasteiger partial charge < -0.3 is 4.42 Å². The van der Waals surface area contributed by atoms with E-state index in [0.29, 0.717) is 11.3 Å². The van der Waals surface area contributed by atoms with E-state index in [1.54, 1.807) is 18.2 Å². The smallest absolute Gasteiger partial charge is 0.238 e. The Hall–Kier alpha value is -1.59. The van der Waals surface area contributed by atoms with Gasteiger partial charge in [0.2, 0.25) is 10.0 Å². The Morgan fingerprint density at radius 3 is 2.50 bits per heavy atom. The Morgan fingerprint density at radius 1 is 1.19 bits per heavy atom. The highest BCUT2D eigenvalue weighted by atomic mass is 32.2. The first-order valence-electron chi connectivity index (χ1n) is 4.66. The second-order valence-electron chi connectivity index (χ2n) is 3.47. The molecule has 0 amide bonds. The number of nitrogens with two attached hydrogens (primary N) is 1. The van der Waals surface area contributed by atoms with Gasteiger partial charge in [0.15, 0.2) is 0 Å². The molecule has 0 aliphatic carbocycles. The monoisotopic (exact) mass is 237 g/mol. The maximum atomic E-state index is 11.4. The maximum absolute atomic E-state index is 11.4. The second-order valence-corrected chi connectivity index (χ2v) is 5.00. The van der Waals surface area contributed by atoms with Gasteiger partial charge in [-0.15, -0.1) is 0 Å². The first kappa shape index (κ1) is 10.9. The van der Waals surface area contributed by atoms with Crippen LogP contribution in [0.25, 0.3) is 11.3 Å². The average Bonchev–Trinajstić information content (AvgIpc) is 2.68. The van der Waals surface area contributed by atoms with Gasteiger partial charge in [0, 0.05) is 5.56 Å². The number of rotatable bonds is 2. The van der Waals surface area contributed by atoms with Crippen LogP contribution < -0.4 is 5.14 Å². The lowest BCUT2D eigenvalue weighted by atomic mass is 10.1. The first-order chi connectivity index (χ1) is 7.50. The van der Waals surface area contributed by atoms with E-state index >= 15 is 0 Å². The molecule has 84 valence electrons. The molecule has 0 fully saturated rings. The van der Waals surface area contributed by atoms with E-state index in [4.69, 9.17) is 9.56 Å². The fourth-order valence-electron chi connectivity index (χ4n) is 1.61. The van der Waals surface area contributed by atoms with Gasteiger partial charge in [-0.3, -0.25) is 0 Å². The molecule has 0 atom stereocenters. The van der Waals surface area contributed by atoms with Crippen molar-refractivity contribution in [2.75, 3.05) is 0 Å². The summed E-state index contributed by atoms with van der Waals surface area (Å²) in [5.41, 5.74) is 1.33. The van der Waals surface area contributed by atoms with Gasteiger partial charge in [0.1, 0.15) is 5.76 Å². The Balaban J connectivity index is 2.78. The Labute approximate surface area is 93.7 Å². The lowest BCUT2D eigenvalue weighted by Crippen LogP contribution is -2.13. The Kier molecular flexibility index (Phi) is 2.57. The van der Waals surface area contributed by atoms with Crippen LogP contribution in [-0.4, -0.2) is 8.42 Å². The van der Waals surface area contributed by atoms with Crippen molar-refractivity contribution in [1.29, 1.82) is 0 Å². The van der Waals surface area contributed by atoms with Crippen molar-refractivity contribution in [3.05, 3.63) is 42.2 Å². The lowest BCUT2D eigenvalue weighted by Gasteiger charge is -2.08. The molecule has 0 saturated carbocycles. The van der Waals surface area contributed by atoms with Gasteiger partial charge in [-0.05, 0) is 30.7 Å². The predicted octanol–water partition coefficient (Wildman–Crippen LogP) is 1.90. The second kappa shape index (κ2) is 3.77. The van der Waals surface area contributed by atoms with Crippen LogP contribution in [0.2, 0.25) is 0 Å². The van der Waals surface area contributed by atoms with Gasteiger partial charge in [-0.2, -0.15) is 0 Å². The molecule has 0 unspecified atom stereocenters. The number of aryl methyl sites for hydroxylation is 1. The summed E-state index contributed by atoms with van der Waals surface area (Å²) in [5.74, 6) is 0.502. The molecule has 1 aromatic heterocycles. The standard InChI is InChI=1S/C11H11NO3S/c1-8-4-2-6-10(16(12,13)14)11(8)9-5-3-7-15-9/h2-7H,1H3,(H2,12,13,14). The zero-order valence-electron chi connectivity index (χ0n) is 8.67. The third kappa shape index (κ3) is 1.87. The summed E-state index contributed by atoms with van der Waals surface area (Å²) in [4.78, 5) is 0.0856. The minimum Gasteiger partial charge on any atom is -0.464 e. The van der Waals surface area contributed by atoms with E-state index in [2.05, 4.69) is 0 Å². The van der Waals surface area contributed by atoms with Crippen molar-refractivity contribution < 1.29 is 12.8 Å². The highest BCUT2D eigenvalue weighted by Crippen LogP contribution is 2.30. The quantitative estimate of drug-likeness (QED) is 0.866. The first-order valence-corrected chi connectivity index (χ1v) is 6.21. The molecule has 16 heavy (non-hydrogen) atoms. The van der Waals surface area contributed by atoms with E-state index in [0.717, 1.165) is 5.56 Å². The number of sulfonamides is 1. The van der Waals surface area contributed by atoms with E-state index in [1.165, 1.54) is 12.3 Å². The van der Waals surface area contributed by atoms with Gasteiger partial charge in [0.05, 0.1) is 11.2 Å². The molecular weight excluding hydrogens is 226 g/mol. The third-order valence-electron chi connectivity index (χ3n) is 2.31. The number of hydrogen-bond donors (Lipinski definition) is 1. The fourth-order valence-corrected chi connectivity index (χ4v) is 2.43. The minimum atomic E-state index is -3.74. The highest BCUT2D eigenvalue weighted by molar-refractivity contribution is 7.89. The summed E-state index contributed by atoms with van der Waals surface area (Å²) in [6.07, 6.45) is 1.49. The Bertz CT molecular complexity index is 600. The van der Waals surface area contributed by atoms with E-state index < -0.39 is 10.0 Å². The SMILES string of the molecule is Cc1cccc(S(N)(=O)=O)c1-c1ccco1. The summed E-state index contributed by atoms with van der Waals surface area (Å²) in [7, 11) is -3.74. The van der Waals surface area contributed by atoms with E-state index in [9.17, 15) is 8.42 Å². The summed E-state index contributed by atoms with van der Waals surface area (Å²) < 4.78 is 28.1. The highest BCUT2D eigenvalue weighted by Gasteiger charge is 2.18. The summed E-state index contributed by atoms with van der Waals surface area (Å²) in [6, 6.07) is 8.35. The largest absolute Gasteiger partial charge is 0.464 e. The van der Waals surface area contributed by atoms with Crippen molar-refractivity contribution in [3.63, 3.8) is 0 Å². The molecule has 0 radical (unpaired) electrons. The number of furan rings is 1. The van der Waals surface area contributed by atoms with Crippen molar-refractivity contribution in [1.82, 2.24) is 0 Å². The molecule has 0 bridgehead atoms. The van der Waals surface area contributed by atoms with Crippen LogP contribution in [0.5, 0.6) is 0 Å². The molecule has 5 heteroatoms. The van der Waals surface area contributed by atoms with Gasteiger partial charge in [-0.25, -0.2) is 13.6 Å². The molecular formula is C11H11NO3S. The van der Waals surface area contributed by atoms with Crippen LogP contribution >= 0.6 is 0 Å². The molecule has 1 aromatic carbocycles. The number of hydrogen-bond acceptors (Lipinski definition) is 3. The van der Waals surface area contributed by atoms with Crippen LogP contribution in [0.4, 0.5) is 0 Å². The van der Waals surface area contributed by atoms with Crippen LogP contribution in [0.3, 0.4) is 0 Å². The van der Waals surface area contributed by atoms with Crippen LogP contribution in [0, 0.1) is 6.92 Å². The van der Waals surface area contributed by atoms with E-state index in [1.807, 2.05) is 13.0 Å². The summed E-state index contributed by atoms with van der Waals surface area (Å²) in [6.45, 7) is 1.81. The molecule has 2 N–H and O–H groups in total. The summed E-state index contributed by atoms with van der Waals surface area (Å²) >= 11 is 0. The average molecular weight is 237 g/mol. The maximum Gasteiger partial charge on any atom is 0.238 e. The fraction of sp³-hybridized carbons (Fsp3) is 0.0909. The zero-order chi connectivity index (χ0) is 11.8. The molecule has 0 spiro atoms. The van der Waals surface area contributed by atoms with Crippen molar-refractivity contribution in [2.45, 2.75) is 11.8 Å². The molecule has 2 rings (SSSR count). The van der Waals surface area contributed by atoms with Gasteiger partial charge >= 0.3 is 0 Å². The van der Waals surface area contributed by atoms with Crippen molar-refractivity contribution in [3.8, 4) is 11.3 Å². The number of benzene rings is 1. The van der Waals surface area contributed by atoms with Crippen LogP contribution in [-0.2, 0) is 10.0 Å². The van der Waals surface area contributed by atoms with Gasteiger partial charge in [-0.1, -0.05) is 12.1 Å². The third-order valence-corrected chi connectivity index (χ3v) is 3.26. The zero-order valence-corrected chi connectivity index (χ0v) is 9.49. The van der Waals surface area contributed by atoms with Crippen molar-refractivity contribution in [2.24, 2.45) is 5.14 Å². The number of primary sulfonamides is 1. The van der Waals surface area contributed by atoms with Crippen molar-refractivity contribution >= 4 is 10.0 Å².